The molecule has 0 saturated heterocycles. The summed E-state index contributed by atoms with van der Waals surface area (Å²) in [5, 5.41) is 2.72. The lowest BCUT2D eigenvalue weighted by atomic mass is 10.2. The Hall–Kier alpha value is -1.42. The molecule has 3 N–H and O–H groups in total. The van der Waals surface area contributed by atoms with E-state index in [1.807, 2.05) is 26.0 Å². The lowest BCUT2D eigenvalue weighted by Gasteiger charge is -2.08. The van der Waals surface area contributed by atoms with Gasteiger partial charge in [0.25, 0.3) is 0 Å². The first-order valence-corrected chi connectivity index (χ1v) is 4.51. The molecule has 0 aliphatic rings. The average Bonchev–Trinajstić information content (AvgIpc) is 2.01. The predicted molar refractivity (Wildman–Crippen MR) is 56.0 cm³/mol. The molecule has 1 heterocycles. The van der Waals surface area contributed by atoms with Crippen LogP contribution in [0.1, 0.15) is 18.3 Å². The van der Waals surface area contributed by atoms with Crippen molar-refractivity contribution in [1.82, 2.24) is 4.98 Å². The fourth-order valence-electron chi connectivity index (χ4n) is 1.16. The summed E-state index contributed by atoms with van der Waals surface area (Å²) in [5.74, 6) is -0.185. The number of carbonyl (C=O) groups is 1. The number of amides is 1. The number of pyridine rings is 1. The Morgan fingerprint density at radius 1 is 1.43 bits per heavy atom. The van der Waals surface area contributed by atoms with Crippen LogP contribution in [0.25, 0.3) is 0 Å². The molecule has 0 aliphatic carbocycles. The van der Waals surface area contributed by atoms with Crippen LogP contribution in [-0.4, -0.2) is 16.9 Å². The van der Waals surface area contributed by atoms with Crippen LogP contribution in [0.4, 0.5) is 5.69 Å². The SMILES string of the molecule is Cc1cc(NC(=O)[C@@H](C)N)cc(C)n1. The Balaban J connectivity index is 2.82. The van der Waals surface area contributed by atoms with Crippen LogP contribution >= 0.6 is 0 Å². The van der Waals surface area contributed by atoms with E-state index in [1.165, 1.54) is 0 Å². The first kappa shape index (κ1) is 10.7. The molecule has 0 spiro atoms. The molecular formula is C10H15N3O. The number of carbonyl (C=O) groups excluding carboxylic acids is 1. The number of hydrogen-bond acceptors (Lipinski definition) is 3. The molecule has 4 nitrogen and oxygen atoms in total. The zero-order chi connectivity index (χ0) is 10.7. The molecular weight excluding hydrogens is 178 g/mol. The van der Waals surface area contributed by atoms with Crippen LogP contribution in [0.2, 0.25) is 0 Å². The number of nitrogens with zero attached hydrogens (tertiary/aromatic N) is 1. The number of nitrogens with one attached hydrogen (secondary N) is 1. The topological polar surface area (TPSA) is 68.0 Å². The van der Waals surface area contributed by atoms with Gasteiger partial charge < -0.3 is 11.1 Å². The largest absolute Gasteiger partial charge is 0.325 e. The maximum Gasteiger partial charge on any atom is 0.241 e. The van der Waals surface area contributed by atoms with Crippen LogP contribution in [0.15, 0.2) is 12.1 Å². The molecule has 1 amide bonds. The second-order valence-corrected chi connectivity index (χ2v) is 3.42. The van der Waals surface area contributed by atoms with Crippen molar-refractivity contribution in [2.24, 2.45) is 5.73 Å². The van der Waals surface area contributed by atoms with Gasteiger partial charge in [-0.1, -0.05) is 0 Å². The lowest BCUT2D eigenvalue weighted by Crippen LogP contribution is -2.32. The Labute approximate surface area is 83.5 Å². The van der Waals surface area contributed by atoms with Gasteiger partial charge in [-0.3, -0.25) is 9.78 Å². The summed E-state index contributed by atoms with van der Waals surface area (Å²) >= 11 is 0. The van der Waals surface area contributed by atoms with Crippen LogP contribution in [0, 0.1) is 13.8 Å². The molecule has 0 aliphatic heterocycles. The first-order valence-electron chi connectivity index (χ1n) is 4.51. The van der Waals surface area contributed by atoms with E-state index in [-0.39, 0.29) is 5.91 Å². The van der Waals surface area contributed by atoms with Crippen LogP contribution < -0.4 is 11.1 Å². The van der Waals surface area contributed by atoms with Gasteiger partial charge >= 0.3 is 0 Å². The zero-order valence-corrected chi connectivity index (χ0v) is 8.66. The van der Waals surface area contributed by atoms with E-state index in [0.29, 0.717) is 0 Å². The van der Waals surface area contributed by atoms with Crippen LogP contribution in [-0.2, 0) is 4.79 Å². The van der Waals surface area contributed by atoms with Gasteiger partial charge in [0.15, 0.2) is 0 Å². The molecule has 1 rings (SSSR count). The Bertz CT molecular complexity index is 327. The quantitative estimate of drug-likeness (QED) is 0.735. The van der Waals surface area contributed by atoms with Crippen molar-refractivity contribution < 1.29 is 4.79 Å². The molecule has 0 aromatic carbocycles. The van der Waals surface area contributed by atoms with E-state index in [4.69, 9.17) is 5.73 Å². The summed E-state index contributed by atoms with van der Waals surface area (Å²) in [7, 11) is 0. The van der Waals surface area contributed by atoms with E-state index in [1.54, 1.807) is 6.92 Å². The van der Waals surface area contributed by atoms with E-state index in [0.717, 1.165) is 17.1 Å². The zero-order valence-electron chi connectivity index (χ0n) is 8.66. The van der Waals surface area contributed by atoms with Crippen LogP contribution in [0.3, 0.4) is 0 Å². The molecule has 0 bridgehead atoms. The summed E-state index contributed by atoms with van der Waals surface area (Å²) in [5.41, 5.74) is 7.94. The summed E-state index contributed by atoms with van der Waals surface area (Å²) in [6.07, 6.45) is 0. The third-order valence-electron chi connectivity index (χ3n) is 1.76. The smallest absolute Gasteiger partial charge is 0.241 e. The molecule has 1 aromatic heterocycles. The maximum absolute atomic E-state index is 11.3. The van der Waals surface area contributed by atoms with Crippen molar-refractivity contribution in [3.05, 3.63) is 23.5 Å². The van der Waals surface area contributed by atoms with Crippen LogP contribution in [0.5, 0.6) is 0 Å². The Morgan fingerprint density at radius 3 is 2.36 bits per heavy atom. The third-order valence-corrected chi connectivity index (χ3v) is 1.76. The highest BCUT2D eigenvalue weighted by Gasteiger charge is 2.07. The molecule has 0 unspecified atom stereocenters. The van der Waals surface area contributed by atoms with Gasteiger partial charge in [-0.25, -0.2) is 0 Å². The van der Waals surface area contributed by atoms with Crippen molar-refractivity contribution in [3.8, 4) is 0 Å². The predicted octanol–water partition coefficient (Wildman–Crippen LogP) is 0.984. The van der Waals surface area contributed by atoms with Gasteiger partial charge in [0.05, 0.1) is 6.04 Å². The number of aryl methyl sites for hydroxylation is 2. The van der Waals surface area contributed by atoms with Crippen molar-refractivity contribution in [3.63, 3.8) is 0 Å². The molecule has 4 heteroatoms. The number of rotatable bonds is 2. The number of aromatic nitrogens is 1. The van der Waals surface area contributed by atoms with Crippen molar-refractivity contribution in [1.29, 1.82) is 0 Å². The minimum absolute atomic E-state index is 0.185. The number of hydrogen-bond donors (Lipinski definition) is 2. The standard InChI is InChI=1S/C10H15N3O/c1-6-4-9(5-7(2)12-6)13-10(14)8(3)11/h4-5,8H,11H2,1-3H3,(H,12,13,14)/t8-/m1/s1. The minimum Gasteiger partial charge on any atom is -0.325 e. The van der Waals surface area contributed by atoms with Crippen molar-refractivity contribution in [2.45, 2.75) is 26.8 Å². The molecule has 76 valence electrons. The first-order chi connectivity index (χ1) is 6.49. The van der Waals surface area contributed by atoms with E-state index in [9.17, 15) is 4.79 Å². The normalized spacial score (nSPS) is 12.3. The van der Waals surface area contributed by atoms with E-state index >= 15 is 0 Å². The average molecular weight is 193 g/mol. The van der Waals surface area contributed by atoms with E-state index < -0.39 is 6.04 Å². The third kappa shape index (κ3) is 2.81. The Kier molecular flexibility index (Phi) is 3.19. The highest BCUT2D eigenvalue weighted by atomic mass is 16.2. The highest BCUT2D eigenvalue weighted by Crippen LogP contribution is 2.10. The molecule has 14 heavy (non-hydrogen) atoms. The lowest BCUT2D eigenvalue weighted by molar-refractivity contribution is -0.117. The van der Waals surface area contributed by atoms with Crippen molar-refractivity contribution in [2.75, 3.05) is 5.32 Å². The Morgan fingerprint density at radius 2 is 1.93 bits per heavy atom. The summed E-state index contributed by atoms with van der Waals surface area (Å²) in [4.78, 5) is 15.5. The monoisotopic (exact) mass is 193 g/mol. The summed E-state index contributed by atoms with van der Waals surface area (Å²) in [6, 6.07) is 3.13. The van der Waals surface area contributed by atoms with Gasteiger partial charge in [0.1, 0.15) is 0 Å². The molecule has 1 atom stereocenters. The van der Waals surface area contributed by atoms with Gasteiger partial charge in [-0.15, -0.1) is 0 Å². The number of nitrogens with two attached hydrogens (primary N) is 1. The minimum atomic E-state index is -0.497. The van der Waals surface area contributed by atoms with Crippen molar-refractivity contribution >= 4 is 11.6 Å². The van der Waals surface area contributed by atoms with E-state index in [2.05, 4.69) is 10.3 Å². The van der Waals surface area contributed by atoms with Gasteiger partial charge in [-0.05, 0) is 32.9 Å². The second kappa shape index (κ2) is 4.19. The fourth-order valence-corrected chi connectivity index (χ4v) is 1.16. The second-order valence-electron chi connectivity index (χ2n) is 3.42. The van der Waals surface area contributed by atoms with Gasteiger partial charge in [0, 0.05) is 17.1 Å². The summed E-state index contributed by atoms with van der Waals surface area (Å²) in [6.45, 7) is 5.42. The summed E-state index contributed by atoms with van der Waals surface area (Å²) < 4.78 is 0. The molecule has 0 fully saturated rings. The fraction of sp³-hybridized carbons (Fsp3) is 0.400. The molecule has 0 saturated carbocycles. The maximum atomic E-state index is 11.3. The highest BCUT2D eigenvalue weighted by molar-refractivity contribution is 5.94. The number of anilines is 1. The van der Waals surface area contributed by atoms with Gasteiger partial charge in [-0.2, -0.15) is 0 Å². The molecule has 1 aromatic rings. The van der Waals surface area contributed by atoms with Gasteiger partial charge in [0.2, 0.25) is 5.91 Å². The molecule has 0 radical (unpaired) electrons.